The van der Waals surface area contributed by atoms with Gasteiger partial charge in [0.1, 0.15) is 0 Å². The molecule has 1 aliphatic heterocycles. The van der Waals surface area contributed by atoms with Gasteiger partial charge in [-0.3, -0.25) is 4.90 Å². The Morgan fingerprint density at radius 1 is 1.44 bits per heavy atom. The lowest BCUT2D eigenvalue weighted by Crippen LogP contribution is -2.51. The van der Waals surface area contributed by atoms with E-state index in [0.717, 1.165) is 26.1 Å². The molecule has 0 saturated carbocycles. The molecule has 1 saturated heterocycles. The molecule has 2 unspecified atom stereocenters. The second-order valence-electron chi connectivity index (χ2n) is 4.76. The summed E-state index contributed by atoms with van der Waals surface area (Å²) < 4.78 is 0. The quantitative estimate of drug-likeness (QED) is 0.705. The third kappa shape index (κ3) is 3.79. The Morgan fingerprint density at radius 2 is 2.19 bits per heavy atom. The van der Waals surface area contributed by atoms with Crippen molar-refractivity contribution in [2.24, 2.45) is 0 Å². The Morgan fingerprint density at radius 3 is 2.81 bits per heavy atom. The van der Waals surface area contributed by atoms with E-state index in [0.29, 0.717) is 6.04 Å². The standard InChI is InChI=1S/C13H25N3/c1-5-8-14-12(6-2)13-11-15(3)9-7-10-16(13)4/h2,12-14H,5,7-11H2,1,3-4H3. The van der Waals surface area contributed by atoms with Crippen LogP contribution in [0.2, 0.25) is 0 Å². The first-order chi connectivity index (χ1) is 7.69. The predicted octanol–water partition coefficient (Wildman–Crippen LogP) is 0.624. The van der Waals surface area contributed by atoms with Crippen molar-refractivity contribution in [1.82, 2.24) is 15.1 Å². The van der Waals surface area contributed by atoms with Gasteiger partial charge < -0.3 is 10.2 Å². The molecule has 0 spiro atoms. The molecule has 3 nitrogen and oxygen atoms in total. The first kappa shape index (κ1) is 13.5. The maximum Gasteiger partial charge on any atom is 0.0856 e. The molecule has 1 N–H and O–H groups in total. The van der Waals surface area contributed by atoms with Crippen LogP contribution in [0.15, 0.2) is 0 Å². The molecule has 1 aliphatic rings. The van der Waals surface area contributed by atoms with Crippen LogP contribution in [-0.4, -0.2) is 62.2 Å². The normalized spacial score (nSPS) is 26.0. The van der Waals surface area contributed by atoms with Gasteiger partial charge in [-0.2, -0.15) is 0 Å². The highest BCUT2D eigenvalue weighted by atomic mass is 15.2. The van der Waals surface area contributed by atoms with Crippen molar-refractivity contribution in [2.75, 3.05) is 40.3 Å². The van der Waals surface area contributed by atoms with Crippen LogP contribution in [0.25, 0.3) is 0 Å². The van der Waals surface area contributed by atoms with Gasteiger partial charge in [-0.1, -0.05) is 12.8 Å². The minimum absolute atomic E-state index is 0.172. The average Bonchev–Trinajstić information content (AvgIpc) is 2.43. The molecule has 3 heteroatoms. The lowest BCUT2D eigenvalue weighted by atomic mass is 10.1. The molecule has 0 aromatic carbocycles. The smallest absolute Gasteiger partial charge is 0.0856 e. The zero-order valence-electron chi connectivity index (χ0n) is 10.9. The fraction of sp³-hybridized carbons (Fsp3) is 0.846. The van der Waals surface area contributed by atoms with Gasteiger partial charge in [-0.05, 0) is 46.6 Å². The molecule has 0 aromatic rings. The van der Waals surface area contributed by atoms with Crippen molar-refractivity contribution in [3.8, 4) is 12.3 Å². The molecule has 0 aliphatic carbocycles. The summed E-state index contributed by atoms with van der Waals surface area (Å²) in [7, 11) is 4.36. The summed E-state index contributed by atoms with van der Waals surface area (Å²) in [5.41, 5.74) is 0. The zero-order chi connectivity index (χ0) is 12.0. The van der Waals surface area contributed by atoms with Crippen LogP contribution in [0.4, 0.5) is 0 Å². The lowest BCUT2D eigenvalue weighted by Gasteiger charge is -2.32. The van der Waals surface area contributed by atoms with Gasteiger partial charge in [0.05, 0.1) is 6.04 Å². The van der Waals surface area contributed by atoms with Crippen LogP contribution in [0.1, 0.15) is 19.8 Å². The third-order valence-electron chi connectivity index (χ3n) is 3.29. The molecular formula is C13H25N3. The average molecular weight is 223 g/mol. The molecule has 1 heterocycles. The fourth-order valence-electron chi connectivity index (χ4n) is 2.27. The first-order valence-corrected chi connectivity index (χ1v) is 6.27. The zero-order valence-corrected chi connectivity index (χ0v) is 10.9. The van der Waals surface area contributed by atoms with Crippen LogP contribution >= 0.6 is 0 Å². The van der Waals surface area contributed by atoms with E-state index in [-0.39, 0.29) is 6.04 Å². The van der Waals surface area contributed by atoms with E-state index >= 15 is 0 Å². The topological polar surface area (TPSA) is 18.5 Å². The number of nitrogens with one attached hydrogen (secondary N) is 1. The van der Waals surface area contributed by atoms with Crippen molar-refractivity contribution >= 4 is 0 Å². The van der Waals surface area contributed by atoms with Crippen molar-refractivity contribution in [2.45, 2.75) is 31.8 Å². The number of likely N-dealkylation sites (N-methyl/N-ethyl adjacent to an activating group) is 2. The van der Waals surface area contributed by atoms with Gasteiger partial charge in [0.2, 0.25) is 0 Å². The minimum atomic E-state index is 0.172. The molecule has 0 amide bonds. The van der Waals surface area contributed by atoms with Gasteiger partial charge >= 0.3 is 0 Å². The molecule has 0 aromatic heterocycles. The van der Waals surface area contributed by atoms with E-state index < -0.39 is 0 Å². The molecule has 92 valence electrons. The SMILES string of the molecule is C#CC(NCCC)C1CN(C)CCCN1C. The molecule has 0 bridgehead atoms. The summed E-state index contributed by atoms with van der Waals surface area (Å²) in [5, 5.41) is 3.46. The van der Waals surface area contributed by atoms with Crippen molar-refractivity contribution in [3.05, 3.63) is 0 Å². The molecule has 2 atom stereocenters. The summed E-state index contributed by atoms with van der Waals surface area (Å²) >= 11 is 0. The van der Waals surface area contributed by atoms with Gasteiger partial charge in [0.15, 0.2) is 0 Å². The second kappa shape index (κ2) is 6.90. The summed E-state index contributed by atoms with van der Waals surface area (Å²) in [5.74, 6) is 2.91. The van der Waals surface area contributed by atoms with Crippen molar-refractivity contribution in [3.63, 3.8) is 0 Å². The minimum Gasteiger partial charge on any atom is -0.305 e. The van der Waals surface area contributed by atoms with Crippen LogP contribution in [0.5, 0.6) is 0 Å². The molecule has 16 heavy (non-hydrogen) atoms. The van der Waals surface area contributed by atoms with Gasteiger partial charge in [-0.15, -0.1) is 6.42 Å². The highest BCUT2D eigenvalue weighted by Crippen LogP contribution is 2.10. The van der Waals surface area contributed by atoms with Gasteiger partial charge in [0, 0.05) is 12.6 Å². The molecule has 1 rings (SSSR count). The third-order valence-corrected chi connectivity index (χ3v) is 3.29. The highest BCUT2D eigenvalue weighted by molar-refractivity contribution is 5.06. The number of rotatable bonds is 4. The van der Waals surface area contributed by atoms with Crippen molar-refractivity contribution < 1.29 is 0 Å². The second-order valence-corrected chi connectivity index (χ2v) is 4.76. The first-order valence-electron chi connectivity index (χ1n) is 6.27. The van der Waals surface area contributed by atoms with Crippen LogP contribution < -0.4 is 5.32 Å². The number of hydrogen-bond acceptors (Lipinski definition) is 3. The van der Waals surface area contributed by atoms with E-state index in [1.165, 1.54) is 13.0 Å². The van der Waals surface area contributed by atoms with E-state index in [2.05, 4.69) is 42.1 Å². The summed E-state index contributed by atoms with van der Waals surface area (Å²) in [6, 6.07) is 0.606. The van der Waals surface area contributed by atoms with Gasteiger partial charge in [-0.25, -0.2) is 0 Å². The summed E-state index contributed by atoms with van der Waals surface area (Å²) in [4.78, 5) is 4.78. The summed E-state index contributed by atoms with van der Waals surface area (Å²) in [6.45, 7) is 6.54. The predicted molar refractivity (Wildman–Crippen MR) is 69.4 cm³/mol. The van der Waals surface area contributed by atoms with Crippen LogP contribution in [0, 0.1) is 12.3 Å². The Balaban J connectivity index is 2.61. The van der Waals surface area contributed by atoms with E-state index in [1.54, 1.807) is 0 Å². The Hall–Kier alpha value is -0.560. The van der Waals surface area contributed by atoms with E-state index in [1.807, 2.05) is 0 Å². The van der Waals surface area contributed by atoms with Crippen molar-refractivity contribution in [1.29, 1.82) is 0 Å². The Bertz CT molecular complexity index is 234. The monoisotopic (exact) mass is 223 g/mol. The number of hydrogen-bond donors (Lipinski definition) is 1. The molecular weight excluding hydrogens is 198 g/mol. The van der Waals surface area contributed by atoms with Gasteiger partial charge in [0.25, 0.3) is 0 Å². The van der Waals surface area contributed by atoms with E-state index in [9.17, 15) is 0 Å². The summed E-state index contributed by atoms with van der Waals surface area (Å²) in [6.07, 6.45) is 8.01. The molecule has 1 fully saturated rings. The maximum absolute atomic E-state index is 5.65. The number of nitrogens with zero attached hydrogens (tertiary/aromatic N) is 2. The van der Waals surface area contributed by atoms with E-state index in [4.69, 9.17) is 6.42 Å². The maximum atomic E-state index is 5.65. The fourth-order valence-corrected chi connectivity index (χ4v) is 2.27. The Labute approximate surface area is 100 Å². The highest BCUT2D eigenvalue weighted by Gasteiger charge is 2.26. The molecule has 0 radical (unpaired) electrons. The van der Waals surface area contributed by atoms with Crippen LogP contribution in [-0.2, 0) is 0 Å². The van der Waals surface area contributed by atoms with Crippen LogP contribution in [0.3, 0.4) is 0 Å². The largest absolute Gasteiger partial charge is 0.305 e. The Kier molecular flexibility index (Phi) is 5.83. The lowest BCUT2D eigenvalue weighted by molar-refractivity contribution is 0.199. The number of terminal acetylenes is 1.